The lowest BCUT2D eigenvalue weighted by molar-refractivity contribution is -0.157. The van der Waals surface area contributed by atoms with Crippen LogP contribution in [0, 0.1) is 28.6 Å². The second kappa shape index (κ2) is 6.63. The molecule has 3 fully saturated rings. The Kier molecular flexibility index (Phi) is 4.67. The Bertz CT molecular complexity index is 667. The molecule has 7 atom stereocenters. The highest BCUT2D eigenvalue weighted by molar-refractivity contribution is 5.66. The zero-order chi connectivity index (χ0) is 19.4. The molecule has 0 N–H and O–H groups in total. The van der Waals surface area contributed by atoms with Crippen molar-refractivity contribution in [2.45, 2.75) is 91.3 Å². The molecule has 0 radical (unpaired) electrons. The highest BCUT2D eigenvalue weighted by Crippen LogP contribution is 2.65. The number of hydrogen-bond donors (Lipinski definition) is 0. The van der Waals surface area contributed by atoms with Crippen molar-refractivity contribution in [1.82, 2.24) is 0 Å². The number of allylic oxidation sites excluding steroid dienone is 1. The molecule has 27 heavy (non-hydrogen) atoms. The lowest BCUT2D eigenvalue weighted by atomic mass is 9.47. The van der Waals surface area contributed by atoms with Crippen molar-refractivity contribution >= 4 is 11.9 Å². The number of hydrogen-bond acceptors (Lipinski definition) is 4. The van der Waals surface area contributed by atoms with Gasteiger partial charge in [-0.15, -0.1) is 0 Å². The summed E-state index contributed by atoms with van der Waals surface area (Å²) in [7, 11) is 0. The first kappa shape index (κ1) is 19.0. The SMILES string of the molecule is CC(=O)OC1C=C2CCC3C(CCC4(C)C(OC(C)=O)CCC34)C2(C)CC1. The van der Waals surface area contributed by atoms with Crippen molar-refractivity contribution < 1.29 is 19.1 Å². The van der Waals surface area contributed by atoms with Crippen LogP contribution >= 0.6 is 0 Å². The average molecular weight is 375 g/mol. The van der Waals surface area contributed by atoms with Crippen LogP contribution in [0.15, 0.2) is 11.6 Å². The maximum atomic E-state index is 11.6. The first-order valence-corrected chi connectivity index (χ1v) is 10.8. The van der Waals surface area contributed by atoms with Crippen LogP contribution in [0.1, 0.15) is 79.1 Å². The molecular weight excluding hydrogens is 340 g/mol. The van der Waals surface area contributed by atoms with Crippen molar-refractivity contribution in [3.8, 4) is 0 Å². The van der Waals surface area contributed by atoms with Crippen molar-refractivity contribution in [2.24, 2.45) is 28.6 Å². The minimum Gasteiger partial charge on any atom is -0.462 e. The molecule has 0 bridgehead atoms. The van der Waals surface area contributed by atoms with Crippen LogP contribution in [0.25, 0.3) is 0 Å². The highest BCUT2D eigenvalue weighted by atomic mass is 16.5. The Balaban J connectivity index is 1.56. The third kappa shape index (κ3) is 3.03. The molecule has 0 aromatic carbocycles. The monoisotopic (exact) mass is 374 g/mol. The molecule has 0 aliphatic heterocycles. The van der Waals surface area contributed by atoms with Gasteiger partial charge in [-0.3, -0.25) is 9.59 Å². The van der Waals surface area contributed by atoms with E-state index in [1.807, 2.05) is 0 Å². The molecule has 0 saturated heterocycles. The molecule has 0 aromatic rings. The molecule has 4 aliphatic rings. The van der Waals surface area contributed by atoms with Gasteiger partial charge in [0.2, 0.25) is 0 Å². The Morgan fingerprint density at radius 2 is 1.67 bits per heavy atom. The van der Waals surface area contributed by atoms with Crippen LogP contribution in [-0.2, 0) is 19.1 Å². The van der Waals surface area contributed by atoms with Gasteiger partial charge in [-0.25, -0.2) is 0 Å². The van der Waals surface area contributed by atoms with E-state index >= 15 is 0 Å². The Morgan fingerprint density at radius 1 is 0.926 bits per heavy atom. The number of rotatable bonds is 2. The van der Waals surface area contributed by atoms with Gasteiger partial charge in [0.05, 0.1) is 0 Å². The highest BCUT2D eigenvalue weighted by Gasteiger charge is 2.59. The van der Waals surface area contributed by atoms with E-state index in [1.54, 1.807) is 6.92 Å². The van der Waals surface area contributed by atoms with Crippen molar-refractivity contribution in [3.63, 3.8) is 0 Å². The predicted octanol–water partition coefficient (Wildman–Crippen LogP) is 4.81. The summed E-state index contributed by atoms with van der Waals surface area (Å²) in [4.78, 5) is 22.9. The van der Waals surface area contributed by atoms with E-state index in [1.165, 1.54) is 31.8 Å². The summed E-state index contributed by atoms with van der Waals surface area (Å²) in [6.45, 7) is 7.88. The summed E-state index contributed by atoms with van der Waals surface area (Å²) in [5, 5.41) is 0. The van der Waals surface area contributed by atoms with Gasteiger partial charge in [-0.05, 0) is 80.6 Å². The molecule has 0 amide bonds. The number of carbonyl (C=O) groups excluding carboxylic acids is 2. The maximum absolute atomic E-state index is 11.6. The first-order valence-electron chi connectivity index (χ1n) is 10.8. The summed E-state index contributed by atoms with van der Waals surface area (Å²) in [6.07, 6.45) is 11.4. The van der Waals surface area contributed by atoms with Gasteiger partial charge >= 0.3 is 11.9 Å². The molecule has 3 saturated carbocycles. The van der Waals surface area contributed by atoms with Crippen molar-refractivity contribution in [1.29, 1.82) is 0 Å². The summed E-state index contributed by atoms with van der Waals surface area (Å²) >= 11 is 0. The Labute approximate surface area is 163 Å². The van der Waals surface area contributed by atoms with E-state index in [2.05, 4.69) is 19.9 Å². The standard InChI is InChI=1S/C23H34O4/c1-14(24)26-17-9-11-22(3)16(13-17)5-6-18-19-7-8-21(27-15(2)25)23(19,4)12-10-20(18)22/h13,17-21H,5-12H2,1-4H3. The molecule has 0 spiro atoms. The largest absolute Gasteiger partial charge is 0.462 e. The number of ether oxygens (including phenoxy) is 2. The van der Waals surface area contributed by atoms with Gasteiger partial charge in [-0.2, -0.15) is 0 Å². The fourth-order valence-electron chi connectivity index (χ4n) is 7.35. The van der Waals surface area contributed by atoms with Gasteiger partial charge in [0.1, 0.15) is 12.2 Å². The summed E-state index contributed by atoms with van der Waals surface area (Å²) in [5.41, 5.74) is 1.93. The quantitative estimate of drug-likeness (QED) is 0.514. The smallest absolute Gasteiger partial charge is 0.303 e. The third-order valence-corrected chi connectivity index (χ3v) is 8.61. The molecular formula is C23H34O4. The fourth-order valence-corrected chi connectivity index (χ4v) is 7.35. The minimum absolute atomic E-state index is 0.0317. The van der Waals surface area contributed by atoms with Crippen LogP contribution in [0.3, 0.4) is 0 Å². The average Bonchev–Trinajstić information content (AvgIpc) is 2.91. The molecule has 7 unspecified atom stereocenters. The van der Waals surface area contributed by atoms with Crippen LogP contribution in [0.5, 0.6) is 0 Å². The van der Waals surface area contributed by atoms with Crippen LogP contribution < -0.4 is 0 Å². The normalized spacial score (nSPS) is 45.8. The zero-order valence-electron chi connectivity index (χ0n) is 17.3. The summed E-state index contributed by atoms with van der Waals surface area (Å²) in [5.74, 6) is 1.81. The van der Waals surface area contributed by atoms with E-state index in [0.717, 1.165) is 38.0 Å². The molecule has 0 aromatic heterocycles. The molecule has 4 rings (SSSR count). The van der Waals surface area contributed by atoms with Gasteiger partial charge in [-0.1, -0.05) is 19.4 Å². The van der Waals surface area contributed by atoms with Crippen molar-refractivity contribution in [2.75, 3.05) is 0 Å². The summed E-state index contributed by atoms with van der Waals surface area (Å²) < 4.78 is 11.2. The molecule has 4 aliphatic carbocycles. The van der Waals surface area contributed by atoms with Gasteiger partial charge in [0.15, 0.2) is 0 Å². The molecule has 4 nitrogen and oxygen atoms in total. The summed E-state index contributed by atoms with van der Waals surface area (Å²) in [6, 6.07) is 0. The lowest BCUT2D eigenvalue weighted by Crippen LogP contribution is -2.52. The fraction of sp³-hybridized carbons (Fsp3) is 0.826. The van der Waals surface area contributed by atoms with Crippen LogP contribution in [0.2, 0.25) is 0 Å². The lowest BCUT2D eigenvalue weighted by Gasteiger charge is -2.58. The number of carbonyl (C=O) groups is 2. The second-order valence-electron chi connectivity index (χ2n) is 9.93. The van der Waals surface area contributed by atoms with Crippen molar-refractivity contribution in [3.05, 3.63) is 11.6 Å². The van der Waals surface area contributed by atoms with Gasteiger partial charge in [0, 0.05) is 19.3 Å². The van der Waals surface area contributed by atoms with Crippen LogP contribution in [-0.4, -0.2) is 24.1 Å². The Hall–Kier alpha value is -1.32. The van der Waals surface area contributed by atoms with Gasteiger partial charge < -0.3 is 9.47 Å². The van der Waals surface area contributed by atoms with E-state index in [0.29, 0.717) is 11.8 Å². The topological polar surface area (TPSA) is 52.6 Å². The number of fused-ring (bicyclic) bond motifs is 5. The van der Waals surface area contributed by atoms with Gasteiger partial charge in [0.25, 0.3) is 0 Å². The third-order valence-electron chi connectivity index (χ3n) is 8.61. The maximum Gasteiger partial charge on any atom is 0.303 e. The van der Waals surface area contributed by atoms with Crippen LogP contribution in [0.4, 0.5) is 0 Å². The molecule has 4 heteroatoms. The van der Waals surface area contributed by atoms with E-state index in [-0.39, 0.29) is 35.0 Å². The van der Waals surface area contributed by atoms with E-state index in [9.17, 15) is 9.59 Å². The van der Waals surface area contributed by atoms with E-state index in [4.69, 9.17) is 9.47 Å². The predicted molar refractivity (Wildman–Crippen MR) is 103 cm³/mol. The van der Waals surface area contributed by atoms with E-state index < -0.39 is 0 Å². The zero-order valence-corrected chi connectivity index (χ0v) is 17.3. The molecule has 150 valence electrons. The second-order valence-corrected chi connectivity index (χ2v) is 9.93. The Morgan fingerprint density at radius 3 is 2.37 bits per heavy atom. The number of esters is 2. The minimum atomic E-state index is -0.176. The molecule has 0 heterocycles. The first-order chi connectivity index (χ1) is 12.7.